The quantitative estimate of drug-likeness (QED) is 0.797. The molecule has 0 aliphatic heterocycles. The molecule has 1 unspecified atom stereocenters. The molecule has 2 rings (SSSR count). The third-order valence-electron chi connectivity index (χ3n) is 3.62. The molecule has 1 aromatic rings. The van der Waals surface area contributed by atoms with E-state index in [0.717, 1.165) is 12.5 Å². The Bertz CT molecular complexity index is 316. The first-order valence-corrected chi connectivity index (χ1v) is 6.28. The van der Waals surface area contributed by atoms with Crippen molar-refractivity contribution in [2.75, 3.05) is 6.54 Å². The molecule has 1 aromatic carbocycles. The first-order valence-electron chi connectivity index (χ1n) is 6.28. The molecule has 0 aromatic heterocycles. The highest BCUT2D eigenvalue weighted by atomic mass is 16.3. The summed E-state index contributed by atoms with van der Waals surface area (Å²) in [6.07, 6.45) is 5.59. The molecule has 1 saturated carbocycles. The Morgan fingerprint density at radius 3 is 2.56 bits per heavy atom. The highest BCUT2D eigenvalue weighted by Gasteiger charge is 2.16. The van der Waals surface area contributed by atoms with Gasteiger partial charge in [-0.25, -0.2) is 0 Å². The summed E-state index contributed by atoms with van der Waals surface area (Å²) in [5, 5.41) is 12.7. The van der Waals surface area contributed by atoms with Crippen molar-refractivity contribution < 1.29 is 5.11 Å². The Kier molecular flexibility index (Phi) is 3.83. The molecule has 0 saturated heterocycles. The van der Waals surface area contributed by atoms with Crippen LogP contribution in [0.1, 0.15) is 44.2 Å². The van der Waals surface area contributed by atoms with Gasteiger partial charge in [-0.05, 0) is 43.5 Å². The van der Waals surface area contributed by atoms with Gasteiger partial charge in [0.25, 0.3) is 0 Å². The Balaban J connectivity index is 1.73. The van der Waals surface area contributed by atoms with E-state index in [1.807, 2.05) is 12.1 Å². The maximum absolute atomic E-state index is 9.21. The summed E-state index contributed by atoms with van der Waals surface area (Å²) in [6.45, 7) is 3.28. The minimum absolute atomic E-state index is 0.338. The minimum atomic E-state index is 0.338. The van der Waals surface area contributed by atoms with Crippen molar-refractivity contribution in [3.8, 4) is 5.75 Å². The predicted octanol–water partition coefficient (Wildman–Crippen LogP) is 3.23. The topological polar surface area (TPSA) is 32.3 Å². The van der Waals surface area contributed by atoms with Crippen molar-refractivity contribution in [1.29, 1.82) is 0 Å². The number of phenolic OH excluding ortho intramolecular Hbond substituents is 1. The van der Waals surface area contributed by atoms with Gasteiger partial charge in [-0.1, -0.05) is 31.4 Å². The molecule has 1 aliphatic rings. The van der Waals surface area contributed by atoms with Crippen LogP contribution < -0.4 is 5.32 Å². The molecule has 2 heteroatoms. The zero-order chi connectivity index (χ0) is 11.4. The van der Waals surface area contributed by atoms with E-state index in [1.54, 1.807) is 12.1 Å². The third-order valence-corrected chi connectivity index (χ3v) is 3.62. The zero-order valence-electron chi connectivity index (χ0n) is 9.95. The predicted molar refractivity (Wildman–Crippen MR) is 66.5 cm³/mol. The van der Waals surface area contributed by atoms with Crippen LogP contribution in [0.25, 0.3) is 0 Å². The van der Waals surface area contributed by atoms with Crippen molar-refractivity contribution in [3.05, 3.63) is 29.8 Å². The van der Waals surface area contributed by atoms with E-state index >= 15 is 0 Å². The van der Waals surface area contributed by atoms with Crippen LogP contribution in [0.15, 0.2) is 24.3 Å². The van der Waals surface area contributed by atoms with Gasteiger partial charge in [0.05, 0.1) is 0 Å². The van der Waals surface area contributed by atoms with E-state index in [0.29, 0.717) is 11.8 Å². The van der Waals surface area contributed by atoms with Crippen LogP contribution >= 0.6 is 0 Å². The Labute approximate surface area is 97.7 Å². The molecule has 0 amide bonds. The van der Waals surface area contributed by atoms with Crippen molar-refractivity contribution in [2.24, 2.45) is 5.92 Å². The van der Waals surface area contributed by atoms with Crippen molar-refractivity contribution in [2.45, 2.75) is 38.6 Å². The van der Waals surface area contributed by atoms with Crippen molar-refractivity contribution in [1.82, 2.24) is 5.32 Å². The van der Waals surface area contributed by atoms with Gasteiger partial charge in [-0.15, -0.1) is 0 Å². The number of rotatable bonds is 5. The monoisotopic (exact) mass is 219 g/mol. The second-order valence-corrected chi connectivity index (χ2v) is 4.85. The molecular formula is C14H21NO. The molecule has 0 heterocycles. The molecule has 2 N–H and O–H groups in total. The van der Waals surface area contributed by atoms with Crippen LogP contribution in [-0.4, -0.2) is 11.7 Å². The minimum Gasteiger partial charge on any atom is -0.508 e. The average molecular weight is 219 g/mol. The van der Waals surface area contributed by atoms with E-state index in [9.17, 15) is 5.11 Å². The van der Waals surface area contributed by atoms with E-state index in [2.05, 4.69) is 12.2 Å². The first kappa shape index (κ1) is 11.5. The highest BCUT2D eigenvalue weighted by Crippen LogP contribution is 2.29. The standard InChI is InChI=1S/C14H21NO/c1-11(13-5-7-14(16)8-6-13)15-10-9-12-3-2-4-12/h5-8,11-12,15-16H,2-4,9-10H2,1H3. The van der Waals surface area contributed by atoms with Crippen LogP contribution in [0.3, 0.4) is 0 Å². The summed E-state index contributed by atoms with van der Waals surface area (Å²) in [7, 11) is 0. The van der Waals surface area contributed by atoms with Gasteiger partial charge in [-0.2, -0.15) is 0 Å². The molecule has 2 nitrogen and oxygen atoms in total. The smallest absolute Gasteiger partial charge is 0.115 e. The fourth-order valence-corrected chi connectivity index (χ4v) is 2.17. The first-order chi connectivity index (χ1) is 7.75. The molecule has 16 heavy (non-hydrogen) atoms. The number of hydrogen-bond donors (Lipinski definition) is 2. The van der Waals surface area contributed by atoms with Crippen LogP contribution in [0, 0.1) is 5.92 Å². The molecule has 1 atom stereocenters. The summed E-state index contributed by atoms with van der Waals surface area (Å²) in [5.41, 5.74) is 1.24. The molecule has 88 valence electrons. The number of nitrogens with one attached hydrogen (secondary N) is 1. The van der Waals surface area contributed by atoms with Crippen LogP contribution in [-0.2, 0) is 0 Å². The molecular weight excluding hydrogens is 198 g/mol. The summed E-state index contributed by atoms with van der Waals surface area (Å²) < 4.78 is 0. The van der Waals surface area contributed by atoms with Gasteiger partial charge in [0.2, 0.25) is 0 Å². The molecule has 1 aliphatic carbocycles. The van der Waals surface area contributed by atoms with Gasteiger partial charge in [-0.3, -0.25) is 0 Å². The number of phenols is 1. The van der Waals surface area contributed by atoms with Gasteiger partial charge in [0.15, 0.2) is 0 Å². The average Bonchev–Trinajstić information content (AvgIpc) is 2.22. The SMILES string of the molecule is CC(NCCC1CCC1)c1ccc(O)cc1. The van der Waals surface area contributed by atoms with Gasteiger partial charge >= 0.3 is 0 Å². The second-order valence-electron chi connectivity index (χ2n) is 4.85. The summed E-state index contributed by atoms with van der Waals surface area (Å²) in [6, 6.07) is 7.84. The fourth-order valence-electron chi connectivity index (χ4n) is 2.17. The largest absolute Gasteiger partial charge is 0.508 e. The third kappa shape index (κ3) is 2.99. The maximum Gasteiger partial charge on any atom is 0.115 e. The second kappa shape index (κ2) is 5.35. The Morgan fingerprint density at radius 1 is 1.31 bits per heavy atom. The lowest BCUT2D eigenvalue weighted by molar-refractivity contribution is 0.288. The van der Waals surface area contributed by atoms with Gasteiger partial charge in [0.1, 0.15) is 5.75 Å². The lowest BCUT2D eigenvalue weighted by Crippen LogP contribution is -2.23. The van der Waals surface area contributed by atoms with E-state index in [4.69, 9.17) is 0 Å². The highest BCUT2D eigenvalue weighted by molar-refractivity contribution is 5.27. The van der Waals surface area contributed by atoms with Gasteiger partial charge in [0, 0.05) is 6.04 Å². The molecule has 0 spiro atoms. The number of benzene rings is 1. The summed E-state index contributed by atoms with van der Waals surface area (Å²) in [5.74, 6) is 1.31. The van der Waals surface area contributed by atoms with E-state index in [-0.39, 0.29) is 0 Å². The summed E-state index contributed by atoms with van der Waals surface area (Å²) in [4.78, 5) is 0. The van der Waals surface area contributed by atoms with Gasteiger partial charge < -0.3 is 10.4 Å². The molecule has 0 radical (unpaired) electrons. The molecule has 0 bridgehead atoms. The number of hydrogen-bond acceptors (Lipinski definition) is 2. The van der Waals surface area contributed by atoms with E-state index in [1.165, 1.54) is 31.2 Å². The lowest BCUT2D eigenvalue weighted by atomic mass is 9.83. The Morgan fingerprint density at radius 2 is 2.00 bits per heavy atom. The van der Waals surface area contributed by atoms with Crippen molar-refractivity contribution in [3.63, 3.8) is 0 Å². The van der Waals surface area contributed by atoms with Crippen molar-refractivity contribution >= 4 is 0 Å². The maximum atomic E-state index is 9.21. The van der Waals surface area contributed by atoms with E-state index < -0.39 is 0 Å². The lowest BCUT2D eigenvalue weighted by Gasteiger charge is -2.26. The van der Waals surface area contributed by atoms with Crippen LogP contribution in [0.4, 0.5) is 0 Å². The Hall–Kier alpha value is -1.02. The van der Waals surface area contributed by atoms with Crippen LogP contribution in [0.5, 0.6) is 5.75 Å². The number of aromatic hydroxyl groups is 1. The molecule has 1 fully saturated rings. The normalized spacial score (nSPS) is 18.1. The fraction of sp³-hybridized carbons (Fsp3) is 0.571. The summed E-state index contributed by atoms with van der Waals surface area (Å²) >= 11 is 0. The zero-order valence-corrected chi connectivity index (χ0v) is 9.95. The van der Waals surface area contributed by atoms with Crippen LogP contribution in [0.2, 0.25) is 0 Å².